The number of amides is 1. The number of alkyl halides is 2. The van der Waals surface area contributed by atoms with Crippen molar-refractivity contribution in [2.75, 3.05) is 5.32 Å². The molecule has 3 N–H and O–H groups in total. The second-order valence-electron chi connectivity index (χ2n) is 5.71. The van der Waals surface area contributed by atoms with Crippen LogP contribution in [0.3, 0.4) is 0 Å². The van der Waals surface area contributed by atoms with Crippen LogP contribution in [0.25, 0.3) is 0 Å². The summed E-state index contributed by atoms with van der Waals surface area (Å²) in [4.78, 5) is 12.2. The molecule has 0 atom stereocenters. The van der Waals surface area contributed by atoms with Crippen LogP contribution >= 0.6 is 0 Å². The molecule has 1 aromatic rings. The van der Waals surface area contributed by atoms with E-state index in [9.17, 15) is 13.6 Å². The molecule has 0 aliphatic rings. The maximum absolute atomic E-state index is 12.2. The van der Waals surface area contributed by atoms with Gasteiger partial charge in [-0.05, 0) is 39.8 Å². The summed E-state index contributed by atoms with van der Waals surface area (Å²) < 4.78 is 28.5. The van der Waals surface area contributed by atoms with Crippen LogP contribution in [0.4, 0.5) is 14.5 Å². The van der Waals surface area contributed by atoms with Gasteiger partial charge in [0, 0.05) is 17.3 Å². The van der Waals surface area contributed by atoms with E-state index in [1.807, 2.05) is 0 Å². The second kappa shape index (κ2) is 5.75. The Morgan fingerprint density at radius 1 is 1.30 bits per heavy atom. The molecule has 0 heterocycles. The smallest absolute Gasteiger partial charge is 0.387 e. The number of nitrogens with one attached hydrogen (secondary N) is 1. The molecule has 0 bridgehead atoms. The highest BCUT2D eigenvalue weighted by Gasteiger charge is 2.40. The third-order valence-electron chi connectivity index (χ3n) is 3.50. The summed E-state index contributed by atoms with van der Waals surface area (Å²) in [5, 5.41) is 2.66. The van der Waals surface area contributed by atoms with Gasteiger partial charge in [0.15, 0.2) is 0 Å². The molecule has 1 amide bonds. The lowest BCUT2D eigenvalue weighted by atomic mass is 9.74. The maximum atomic E-state index is 12.2. The average Bonchev–Trinajstić information content (AvgIpc) is 2.26. The van der Waals surface area contributed by atoms with Crippen LogP contribution in [0.2, 0.25) is 0 Å². The number of ether oxygens (including phenoxy) is 1. The zero-order valence-corrected chi connectivity index (χ0v) is 12.0. The number of hydrogen-bond donors (Lipinski definition) is 2. The van der Waals surface area contributed by atoms with Crippen LogP contribution in [0.1, 0.15) is 27.7 Å². The highest BCUT2D eigenvalue weighted by Crippen LogP contribution is 2.30. The second-order valence-corrected chi connectivity index (χ2v) is 5.71. The minimum Gasteiger partial charge on any atom is -0.435 e. The number of carbonyl (C=O) groups is 1. The molecule has 0 aromatic heterocycles. The molecule has 0 saturated carbocycles. The standard InChI is InChI=1S/C14H20F2N2O2/c1-13(2,14(3,4)17)11(19)18-9-6-5-7-10(8-9)20-12(15)16/h5-8,12H,17H2,1-4H3,(H,18,19). The van der Waals surface area contributed by atoms with Crippen molar-refractivity contribution in [3.05, 3.63) is 24.3 Å². The van der Waals surface area contributed by atoms with Gasteiger partial charge in [-0.3, -0.25) is 4.79 Å². The first-order chi connectivity index (χ1) is 9.04. The fraction of sp³-hybridized carbons (Fsp3) is 0.500. The molecular formula is C14H20F2N2O2. The van der Waals surface area contributed by atoms with Gasteiger partial charge < -0.3 is 15.8 Å². The molecule has 0 fully saturated rings. The Morgan fingerprint density at radius 2 is 1.90 bits per heavy atom. The maximum Gasteiger partial charge on any atom is 0.387 e. The zero-order valence-electron chi connectivity index (χ0n) is 12.0. The van der Waals surface area contributed by atoms with Gasteiger partial charge in [0.2, 0.25) is 5.91 Å². The molecule has 1 rings (SSSR count). The van der Waals surface area contributed by atoms with E-state index in [2.05, 4.69) is 10.1 Å². The number of rotatable bonds is 5. The lowest BCUT2D eigenvalue weighted by molar-refractivity contribution is -0.126. The minimum absolute atomic E-state index is 0.0115. The molecule has 0 radical (unpaired) electrons. The Morgan fingerprint density at radius 3 is 2.40 bits per heavy atom. The predicted molar refractivity (Wildman–Crippen MR) is 73.8 cm³/mol. The predicted octanol–water partition coefficient (Wildman–Crippen LogP) is 2.99. The van der Waals surface area contributed by atoms with Crippen LogP contribution in [0, 0.1) is 5.41 Å². The highest BCUT2D eigenvalue weighted by atomic mass is 19.3. The number of nitrogens with two attached hydrogens (primary N) is 1. The molecule has 6 heteroatoms. The Hall–Kier alpha value is -1.69. The summed E-state index contributed by atoms with van der Waals surface area (Å²) in [5.74, 6) is -0.304. The molecule has 0 spiro atoms. The van der Waals surface area contributed by atoms with Gasteiger partial charge in [-0.25, -0.2) is 0 Å². The van der Waals surface area contributed by atoms with Crippen LogP contribution < -0.4 is 15.8 Å². The van der Waals surface area contributed by atoms with Gasteiger partial charge in [0.1, 0.15) is 5.75 Å². The Kier molecular flexibility index (Phi) is 4.70. The summed E-state index contributed by atoms with van der Waals surface area (Å²) in [7, 11) is 0. The highest BCUT2D eigenvalue weighted by molar-refractivity contribution is 5.95. The van der Waals surface area contributed by atoms with Gasteiger partial charge >= 0.3 is 6.61 Å². The minimum atomic E-state index is -2.90. The Labute approximate surface area is 117 Å². The first-order valence-electron chi connectivity index (χ1n) is 6.19. The van der Waals surface area contributed by atoms with Crippen molar-refractivity contribution in [2.45, 2.75) is 39.8 Å². The molecule has 20 heavy (non-hydrogen) atoms. The third kappa shape index (κ3) is 3.90. The molecule has 0 unspecified atom stereocenters. The van der Waals surface area contributed by atoms with Gasteiger partial charge in [0.05, 0.1) is 5.41 Å². The number of hydrogen-bond acceptors (Lipinski definition) is 3. The van der Waals surface area contributed by atoms with Crippen LogP contribution in [0.5, 0.6) is 5.75 Å². The van der Waals surface area contributed by atoms with Gasteiger partial charge in [0.25, 0.3) is 0 Å². The Bertz CT molecular complexity index is 482. The molecule has 0 saturated heterocycles. The third-order valence-corrected chi connectivity index (χ3v) is 3.50. The van der Waals surface area contributed by atoms with Gasteiger partial charge in [-0.1, -0.05) is 6.07 Å². The van der Waals surface area contributed by atoms with Gasteiger partial charge in [-0.2, -0.15) is 8.78 Å². The van der Waals surface area contributed by atoms with Gasteiger partial charge in [-0.15, -0.1) is 0 Å². The largest absolute Gasteiger partial charge is 0.435 e. The molecular weight excluding hydrogens is 266 g/mol. The van der Waals surface area contributed by atoms with E-state index in [1.54, 1.807) is 33.8 Å². The van der Waals surface area contributed by atoms with Crippen LogP contribution in [-0.4, -0.2) is 18.1 Å². The Balaban J connectivity index is 2.86. The van der Waals surface area contributed by atoms with Crippen molar-refractivity contribution in [3.8, 4) is 5.75 Å². The van der Waals surface area contributed by atoms with E-state index in [-0.39, 0.29) is 11.7 Å². The number of anilines is 1. The fourth-order valence-electron chi connectivity index (χ4n) is 1.33. The lowest BCUT2D eigenvalue weighted by Crippen LogP contribution is -2.53. The molecule has 1 aromatic carbocycles. The number of carbonyl (C=O) groups excluding carboxylic acids is 1. The van der Waals surface area contributed by atoms with E-state index in [0.29, 0.717) is 5.69 Å². The average molecular weight is 286 g/mol. The summed E-state index contributed by atoms with van der Waals surface area (Å²) in [5.41, 5.74) is 4.80. The van der Waals surface area contributed by atoms with E-state index < -0.39 is 17.6 Å². The van der Waals surface area contributed by atoms with Crippen molar-refractivity contribution >= 4 is 11.6 Å². The van der Waals surface area contributed by atoms with Crippen LogP contribution in [0.15, 0.2) is 24.3 Å². The van der Waals surface area contributed by atoms with Crippen molar-refractivity contribution < 1.29 is 18.3 Å². The zero-order chi connectivity index (χ0) is 15.6. The topological polar surface area (TPSA) is 64.4 Å². The summed E-state index contributed by atoms with van der Waals surface area (Å²) in [6.07, 6.45) is 0. The summed E-state index contributed by atoms with van der Waals surface area (Å²) in [6, 6.07) is 5.84. The van der Waals surface area contributed by atoms with E-state index in [4.69, 9.17) is 5.73 Å². The van der Waals surface area contributed by atoms with Crippen molar-refractivity contribution in [3.63, 3.8) is 0 Å². The van der Waals surface area contributed by atoms with Crippen molar-refractivity contribution in [1.82, 2.24) is 0 Å². The molecule has 4 nitrogen and oxygen atoms in total. The van der Waals surface area contributed by atoms with E-state index in [0.717, 1.165) is 0 Å². The SMILES string of the molecule is CC(C)(N)C(C)(C)C(=O)Nc1cccc(OC(F)F)c1. The number of benzene rings is 1. The quantitative estimate of drug-likeness (QED) is 0.874. The summed E-state index contributed by atoms with van der Waals surface area (Å²) in [6.45, 7) is 4.05. The first kappa shape index (κ1) is 16.4. The number of halogens is 2. The fourth-order valence-corrected chi connectivity index (χ4v) is 1.33. The van der Waals surface area contributed by atoms with Crippen molar-refractivity contribution in [2.24, 2.45) is 11.1 Å². The normalized spacial score (nSPS) is 12.4. The molecule has 0 aliphatic heterocycles. The van der Waals surface area contributed by atoms with Crippen molar-refractivity contribution in [1.29, 1.82) is 0 Å². The first-order valence-corrected chi connectivity index (χ1v) is 6.19. The molecule has 112 valence electrons. The summed E-state index contributed by atoms with van der Waals surface area (Å²) >= 11 is 0. The van der Waals surface area contributed by atoms with Crippen LogP contribution in [-0.2, 0) is 4.79 Å². The molecule has 0 aliphatic carbocycles. The van der Waals surface area contributed by atoms with E-state index in [1.165, 1.54) is 18.2 Å². The lowest BCUT2D eigenvalue weighted by Gasteiger charge is -2.36. The monoisotopic (exact) mass is 286 g/mol. The van der Waals surface area contributed by atoms with E-state index >= 15 is 0 Å².